The maximum atomic E-state index is 11.9. The first-order chi connectivity index (χ1) is 9.43. The second-order valence-corrected chi connectivity index (χ2v) is 3.96. The highest BCUT2D eigenvalue weighted by molar-refractivity contribution is 5.97. The summed E-state index contributed by atoms with van der Waals surface area (Å²) in [6.07, 6.45) is 5.10. The van der Waals surface area contributed by atoms with Crippen LogP contribution in [0.1, 0.15) is 23.7 Å². The van der Waals surface area contributed by atoms with E-state index < -0.39 is 23.8 Å². The smallest absolute Gasteiger partial charge is 0.308 e. The molecule has 0 saturated heterocycles. The van der Waals surface area contributed by atoms with Crippen molar-refractivity contribution in [2.24, 2.45) is 5.73 Å². The molecule has 6 nitrogen and oxygen atoms in total. The molecule has 0 radical (unpaired) electrons. The van der Waals surface area contributed by atoms with E-state index in [4.69, 9.17) is 16.9 Å². The minimum Gasteiger partial charge on any atom is -0.427 e. The van der Waals surface area contributed by atoms with Gasteiger partial charge in [-0.15, -0.1) is 12.3 Å². The lowest BCUT2D eigenvalue weighted by Gasteiger charge is -2.13. The van der Waals surface area contributed by atoms with Crippen LogP contribution in [0.15, 0.2) is 24.3 Å². The van der Waals surface area contributed by atoms with Gasteiger partial charge in [0.1, 0.15) is 11.8 Å². The molecule has 2 amide bonds. The molecule has 0 aliphatic heterocycles. The second-order valence-electron chi connectivity index (χ2n) is 3.96. The Morgan fingerprint density at radius 3 is 2.70 bits per heavy atom. The second kappa shape index (κ2) is 6.95. The minimum atomic E-state index is -0.940. The van der Waals surface area contributed by atoms with Crippen LogP contribution in [0.25, 0.3) is 0 Å². The molecule has 0 saturated carbocycles. The molecule has 1 aromatic carbocycles. The molecule has 1 atom stereocenters. The van der Waals surface area contributed by atoms with Crippen LogP contribution in [0, 0.1) is 12.3 Å². The Morgan fingerprint density at radius 1 is 1.45 bits per heavy atom. The molecular weight excluding hydrogens is 260 g/mol. The quantitative estimate of drug-likeness (QED) is 0.456. The topological polar surface area (TPSA) is 98.5 Å². The van der Waals surface area contributed by atoms with Crippen molar-refractivity contribution in [1.29, 1.82) is 0 Å². The maximum absolute atomic E-state index is 11.9. The standard InChI is InChI=1S/C14H14N2O4/c1-3-5-12(13(15)18)16-14(19)10-6-4-7-11(8-10)20-9(2)17/h1,4,6-8,12H,5H2,2H3,(H2,15,18)(H,16,19)/t12-/m0/s1. The number of carbonyl (C=O) groups excluding carboxylic acids is 3. The number of ether oxygens (including phenoxy) is 1. The average molecular weight is 274 g/mol. The number of primary amides is 1. The van der Waals surface area contributed by atoms with E-state index in [0.717, 1.165) is 0 Å². The van der Waals surface area contributed by atoms with Crippen LogP contribution in [-0.2, 0) is 9.59 Å². The van der Waals surface area contributed by atoms with Gasteiger partial charge in [-0.25, -0.2) is 0 Å². The lowest BCUT2D eigenvalue weighted by molar-refractivity contribution is -0.131. The van der Waals surface area contributed by atoms with Crippen LogP contribution in [0.5, 0.6) is 5.75 Å². The molecular formula is C14H14N2O4. The van der Waals surface area contributed by atoms with Crippen molar-refractivity contribution in [3.8, 4) is 18.1 Å². The summed E-state index contributed by atoms with van der Waals surface area (Å²) < 4.78 is 4.86. The van der Waals surface area contributed by atoms with Gasteiger partial charge in [-0.1, -0.05) is 6.07 Å². The normalized spacial score (nSPS) is 11.0. The van der Waals surface area contributed by atoms with Gasteiger partial charge < -0.3 is 15.8 Å². The van der Waals surface area contributed by atoms with Crippen LogP contribution in [0.3, 0.4) is 0 Å². The zero-order valence-electron chi connectivity index (χ0n) is 10.9. The third-order valence-electron chi connectivity index (χ3n) is 2.33. The first kappa shape index (κ1) is 15.2. The zero-order chi connectivity index (χ0) is 15.1. The van der Waals surface area contributed by atoms with Crippen LogP contribution in [-0.4, -0.2) is 23.8 Å². The highest BCUT2D eigenvalue weighted by atomic mass is 16.5. The highest BCUT2D eigenvalue weighted by Crippen LogP contribution is 2.13. The van der Waals surface area contributed by atoms with Crippen molar-refractivity contribution >= 4 is 17.8 Å². The lowest BCUT2D eigenvalue weighted by atomic mass is 10.1. The summed E-state index contributed by atoms with van der Waals surface area (Å²) in [5, 5.41) is 2.42. The predicted octanol–water partition coefficient (Wildman–Crippen LogP) is 0.219. The number of hydrogen-bond donors (Lipinski definition) is 2. The van der Waals surface area contributed by atoms with Gasteiger partial charge in [-0.3, -0.25) is 14.4 Å². The molecule has 0 unspecified atom stereocenters. The van der Waals surface area contributed by atoms with E-state index in [1.807, 2.05) is 0 Å². The predicted molar refractivity (Wildman–Crippen MR) is 71.6 cm³/mol. The van der Waals surface area contributed by atoms with E-state index in [1.54, 1.807) is 6.07 Å². The number of esters is 1. The van der Waals surface area contributed by atoms with E-state index in [1.165, 1.54) is 25.1 Å². The van der Waals surface area contributed by atoms with Crippen molar-refractivity contribution < 1.29 is 19.1 Å². The fraction of sp³-hybridized carbons (Fsp3) is 0.214. The number of carbonyl (C=O) groups is 3. The number of terminal acetylenes is 1. The molecule has 0 aliphatic carbocycles. The number of rotatable bonds is 5. The number of hydrogen-bond acceptors (Lipinski definition) is 4. The fourth-order valence-electron chi connectivity index (χ4n) is 1.45. The summed E-state index contributed by atoms with van der Waals surface area (Å²) in [6, 6.07) is 5.03. The summed E-state index contributed by atoms with van der Waals surface area (Å²) in [6.45, 7) is 1.25. The number of nitrogens with one attached hydrogen (secondary N) is 1. The molecule has 20 heavy (non-hydrogen) atoms. The Labute approximate surface area is 116 Å². The van der Waals surface area contributed by atoms with Crippen molar-refractivity contribution in [2.75, 3.05) is 0 Å². The van der Waals surface area contributed by atoms with Gasteiger partial charge in [-0.05, 0) is 18.2 Å². The van der Waals surface area contributed by atoms with Gasteiger partial charge in [0.2, 0.25) is 5.91 Å². The monoisotopic (exact) mass is 274 g/mol. The Balaban J connectivity index is 2.84. The van der Waals surface area contributed by atoms with E-state index in [0.29, 0.717) is 0 Å². The van der Waals surface area contributed by atoms with Crippen LogP contribution < -0.4 is 15.8 Å². The van der Waals surface area contributed by atoms with E-state index in [9.17, 15) is 14.4 Å². The Morgan fingerprint density at radius 2 is 2.15 bits per heavy atom. The summed E-state index contributed by atoms with van der Waals surface area (Å²) in [5.41, 5.74) is 5.36. The summed E-state index contributed by atoms with van der Waals surface area (Å²) >= 11 is 0. The summed E-state index contributed by atoms with van der Waals surface area (Å²) in [7, 11) is 0. The van der Waals surface area contributed by atoms with Gasteiger partial charge in [0.05, 0.1) is 0 Å². The third-order valence-corrected chi connectivity index (χ3v) is 2.33. The largest absolute Gasteiger partial charge is 0.427 e. The molecule has 0 bridgehead atoms. The molecule has 0 aromatic heterocycles. The minimum absolute atomic E-state index is 0.00467. The molecule has 1 rings (SSSR count). The van der Waals surface area contributed by atoms with E-state index >= 15 is 0 Å². The molecule has 0 heterocycles. The van der Waals surface area contributed by atoms with Crippen molar-refractivity contribution in [3.05, 3.63) is 29.8 Å². The SMILES string of the molecule is C#CC[C@H](NC(=O)c1cccc(OC(C)=O)c1)C(N)=O. The molecule has 104 valence electrons. The molecule has 6 heteroatoms. The average Bonchev–Trinajstić information content (AvgIpc) is 2.37. The van der Waals surface area contributed by atoms with Crippen LogP contribution >= 0.6 is 0 Å². The Kier molecular flexibility index (Phi) is 5.30. The van der Waals surface area contributed by atoms with Gasteiger partial charge in [0.15, 0.2) is 0 Å². The summed E-state index contributed by atoms with van der Waals surface area (Å²) in [5.74, 6) is 0.752. The zero-order valence-corrected chi connectivity index (χ0v) is 10.9. The van der Waals surface area contributed by atoms with Gasteiger partial charge in [-0.2, -0.15) is 0 Å². The third kappa shape index (κ3) is 4.46. The number of amides is 2. The van der Waals surface area contributed by atoms with Gasteiger partial charge >= 0.3 is 5.97 Å². The van der Waals surface area contributed by atoms with Crippen LogP contribution in [0.4, 0.5) is 0 Å². The molecule has 0 aliphatic rings. The molecule has 0 spiro atoms. The molecule has 1 aromatic rings. The van der Waals surface area contributed by atoms with Gasteiger partial charge in [0, 0.05) is 18.9 Å². The van der Waals surface area contributed by atoms with Crippen molar-refractivity contribution in [2.45, 2.75) is 19.4 Å². The first-order valence-electron chi connectivity index (χ1n) is 5.76. The maximum Gasteiger partial charge on any atom is 0.308 e. The molecule has 0 fully saturated rings. The highest BCUT2D eigenvalue weighted by Gasteiger charge is 2.18. The lowest BCUT2D eigenvalue weighted by Crippen LogP contribution is -2.44. The van der Waals surface area contributed by atoms with Crippen molar-refractivity contribution in [1.82, 2.24) is 5.32 Å². The van der Waals surface area contributed by atoms with Crippen LogP contribution in [0.2, 0.25) is 0 Å². The summed E-state index contributed by atoms with van der Waals surface area (Å²) in [4.78, 5) is 33.9. The van der Waals surface area contributed by atoms with Gasteiger partial charge in [0.25, 0.3) is 5.91 Å². The molecule has 3 N–H and O–H groups in total. The van der Waals surface area contributed by atoms with E-state index in [2.05, 4.69) is 11.2 Å². The Bertz CT molecular complexity index is 575. The number of benzene rings is 1. The number of nitrogens with two attached hydrogens (primary N) is 1. The van der Waals surface area contributed by atoms with Crippen molar-refractivity contribution in [3.63, 3.8) is 0 Å². The fourth-order valence-corrected chi connectivity index (χ4v) is 1.45. The first-order valence-corrected chi connectivity index (χ1v) is 5.76. The Hall–Kier alpha value is -2.81. The van der Waals surface area contributed by atoms with E-state index in [-0.39, 0.29) is 17.7 Å².